The number of benzene rings is 1. The fourth-order valence-electron chi connectivity index (χ4n) is 4.66. The van der Waals surface area contributed by atoms with Gasteiger partial charge >= 0.3 is 0 Å². The highest BCUT2D eigenvalue weighted by molar-refractivity contribution is 7.89. The summed E-state index contributed by atoms with van der Waals surface area (Å²) in [6.45, 7) is 7.94. The van der Waals surface area contributed by atoms with Crippen molar-refractivity contribution in [1.29, 1.82) is 0 Å². The zero-order valence-corrected chi connectivity index (χ0v) is 20.2. The Morgan fingerprint density at radius 3 is 2.26 bits per heavy atom. The highest BCUT2D eigenvalue weighted by atomic mass is 32.2. The molecule has 0 saturated carbocycles. The van der Waals surface area contributed by atoms with Crippen molar-refractivity contribution in [2.24, 2.45) is 5.92 Å². The van der Waals surface area contributed by atoms with Crippen LogP contribution in [0.1, 0.15) is 62.9 Å². The van der Waals surface area contributed by atoms with Crippen molar-refractivity contribution in [3.05, 3.63) is 52.2 Å². The monoisotopic (exact) mass is 460 g/mol. The Balaban J connectivity index is 1.40. The van der Waals surface area contributed by atoms with Crippen LogP contribution < -0.4 is 0 Å². The number of carbonyl (C=O) groups excluding carboxylic acids is 1. The maximum absolute atomic E-state index is 13.2. The second-order valence-electron chi connectivity index (χ2n) is 9.66. The summed E-state index contributed by atoms with van der Waals surface area (Å²) >= 11 is 1.71. The van der Waals surface area contributed by atoms with Gasteiger partial charge < -0.3 is 4.90 Å². The van der Waals surface area contributed by atoms with Gasteiger partial charge in [-0.15, -0.1) is 11.3 Å². The second kappa shape index (κ2) is 8.68. The first kappa shape index (κ1) is 22.5. The largest absolute Gasteiger partial charge is 0.335 e. The lowest BCUT2D eigenvalue weighted by molar-refractivity contribution is -0.137. The first-order chi connectivity index (χ1) is 14.7. The average molecular weight is 461 g/mol. The highest BCUT2D eigenvalue weighted by Crippen LogP contribution is 2.37. The number of hydrogen-bond donors (Lipinski definition) is 0. The minimum atomic E-state index is -3.53. The van der Waals surface area contributed by atoms with Crippen LogP contribution in [0.4, 0.5) is 0 Å². The van der Waals surface area contributed by atoms with Crippen LogP contribution >= 0.6 is 11.3 Å². The maximum Gasteiger partial charge on any atom is 0.243 e. The zero-order chi connectivity index (χ0) is 22.2. The molecule has 0 bridgehead atoms. The van der Waals surface area contributed by atoms with Crippen molar-refractivity contribution in [2.45, 2.75) is 62.8 Å². The molecule has 1 aromatic heterocycles. The smallest absolute Gasteiger partial charge is 0.243 e. The van der Waals surface area contributed by atoms with Gasteiger partial charge in [0.25, 0.3) is 0 Å². The Morgan fingerprint density at radius 1 is 1.00 bits per heavy atom. The third kappa shape index (κ3) is 4.59. The van der Waals surface area contributed by atoms with Crippen molar-refractivity contribution in [1.82, 2.24) is 9.21 Å². The van der Waals surface area contributed by atoms with E-state index in [0.717, 1.165) is 24.9 Å². The first-order valence-corrected chi connectivity index (χ1v) is 13.4. The summed E-state index contributed by atoms with van der Waals surface area (Å²) < 4.78 is 27.8. The molecule has 7 heteroatoms. The van der Waals surface area contributed by atoms with Crippen molar-refractivity contribution >= 4 is 27.3 Å². The fraction of sp³-hybridized carbons (Fsp3) is 0.542. The molecule has 0 spiro atoms. The number of sulfonamides is 1. The Labute approximate surface area is 190 Å². The number of amides is 1. The number of thiophene rings is 1. The molecule has 1 atom stereocenters. The molecule has 0 N–H and O–H groups in total. The Morgan fingerprint density at radius 2 is 1.68 bits per heavy atom. The van der Waals surface area contributed by atoms with E-state index in [9.17, 15) is 13.2 Å². The van der Waals surface area contributed by atoms with Crippen molar-refractivity contribution < 1.29 is 13.2 Å². The normalized spacial score (nSPS) is 21.5. The van der Waals surface area contributed by atoms with Gasteiger partial charge in [-0.3, -0.25) is 4.79 Å². The fourth-order valence-corrected chi connectivity index (χ4v) is 7.00. The summed E-state index contributed by atoms with van der Waals surface area (Å²) in [4.78, 5) is 16.8. The topological polar surface area (TPSA) is 57.7 Å². The van der Waals surface area contributed by atoms with Gasteiger partial charge in [0.1, 0.15) is 0 Å². The van der Waals surface area contributed by atoms with Crippen molar-refractivity contribution in [3.63, 3.8) is 0 Å². The summed E-state index contributed by atoms with van der Waals surface area (Å²) in [7, 11) is -3.53. The van der Waals surface area contributed by atoms with E-state index >= 15 is 0 Å². The molecular formula is C24H32N2O3S2. The van der Waals surface area contributed by atoms with Gasteiger partial charge in [-0.05, 0) is 60.2 Å². The van der Waals surface area contributed by atoms with Gasteiger partial charge in [0.2, 0.25) is 15.9 Å². The maximum atomic E-state index is 13.2. The number of likely N-dealkylation sites (tertiary alicyclic amines) is 1. The van der Waals surface area contributed by atoms with Gasteiger partial charge in [-0.2, -0.15) is 4.31 Å². The number of rotatable bonds is 4. The summed E-state index contributed by atoms with van der Waals surface area (Å²) in [6, 6.07) is 11.6. The molecule has 4 rings (SSSR count). The summed E-state index contributed by atoms with van der Waals surface area (Å²) in [6.07, 6.45) is 3.23. The number of nitrogens with zero attached hydrogens (tertiary/aromatic N) is 2. The molecule has 2 aliphatic heterocycles. The molecule has 31 heavy (non-hydrogen) atoms. The Hall–Kier alpha value is -1.70. The van der Waals surface area contributed by atoms with Gasteiger partial charge in [0.15, 0.2) is 0 Å². The number of hydrogen-bond acceptors (Lipinski definition) is 4. The van der Waals surface area contributed by atoms with Crippen LogP contribution in [0, 0.1) is 5.92 Å². The lowest BCUT2D eigenvalue weighted by Crippen LogP contribution is -2.44. The van der Waals surface area contributed by atoms with E-state index in [1.807, 2.05) is 23.1 Å². The lowest BCUT2D eigenvalue weighted by Gasteiger charge is -2.34. The second-order valence-corrected chi connectivity index (χ2v) is 12.6. The van der Waals surface area contributed by atoms with Gasteiger partial charge in [-0.1, -0.05) is 39.0 Å². The highest BCUT2D eigenvalue weighted by Gasteiger charge is 2.38. The molecule has 3 heterocycles. The van der Waals surface area contributed by atoms with Crippen LogP contribution in [0.5, 0.6) is 0 Å². The van der Waals surface area contributed by atoms with E-state index in [1.54, 1.807) is 27.8 Å². The summed E-state index contributed by atoms with van der Waals surface area (Å²) in [5.41, 5.74) is 1.10. The lowest BCUT2D eigenvalue weighted by atomic mass is 9.87. The molecule has 168 valence electrons. The van der Waals surface area contributed by atoms with E-state index in [1.165, 1.54) is 4.88 Å². The number of carbonyl (C=O) groups is 1. The Bertz CT molecular complexity index is 1000. The third-order valence-corrected chi connectivity index (χ3v) is 9.46. The van der Waals surface area contributed by atoms with Crippen molar-refractivity contribution in [3.8, 4) is 0 Å². The molecule has 1 aromatic carbocycles. The molecule has 1 unspecified atom stereocenters. The molecule has 2 aliphatic rings. The van der Waals surface area contributed by atoms with Crippen LogP contribution in [-0.2, 0) is 20.2 Å². The molecule has 0 radical (unpaired) electrons. The third-order valence-electron chi connectivity index (χ3n) is 6.57. The van der Waals surface area contributed by atoms with Crippen LogP contribution in [0.15, 0.2) is 46.7 Å². The quantitative estimate of drug-likeness (QED) is 0.658. The van der Waals surface area contributed by atoms with E-state index in [0.29, 0.717) is 30.8 Å². The van der Waals surface area contributed by atoms with Crippen LogP contribution in [-0.4, -0.2) is 43.2 Å². The molecule has 0 aliphatic carbocycles. The van der Waals surface area contributed by atoms with Crippen LogP contribution in [0.3, 0.4) is 0 Å². The zero-order valence-electron chi connectivity index (χ0n) is 18.6. The molecular weight excluding hydrogens is 428 g/mol. The predicted molar refractivity (Wildman–Crippen MR) is 125 cm³/mol. The first-order valence-electron chi connectivity index (χ1n) is 11.1. The van der Waals surface area contributed by atoms with E-state index in [2.05, 4.69) is 32.2 Å². The SMILES string of the molecule is CC(C)(C)c1ccc(S(=O)(=O)N2CCC(C(=O)N3CCCC3c3cccs3)CC2)cc1. The van der Waals surface area contributed by atoms with Crippen LogP contribution in [0.2, 0.25) is 0 Å². The molecule has 2 fully saturated rings. The molecule has 5 nitrogen and oxygen atoms in total. The van der Waals surface area contributed by atoms with Gasteiger partial charge in [0.05, 0.1) is 10.9 Å². The number of piperidine rings is 1. The Kier molecular flexibility index (Phi) is 6.30. The van der Waals surface area contributed by atoms with Gasteiger partial charge in [0, 0.05) is 30.4 Å². The molecule has 2 aromatic rings. The standard InChI is InChI=1S/C24H32N2O3S2/c1-24(2,3)19-8-10-20(11-9-19)31(28,29)25-15-12-18(13-16-25)23(27)26-14-4-6-21(26)22-7-5-17-30-22/h5,7-11,17-18,21H,4,6,12-16H2,1-3H3. The van der Waals surface area contributed by atoms with Crippen LogP contribution in [0.25, 0.3) is 0 Å². The molecule has 1 amide bonds. The predicted octanol–water partition coefficient (Wildman–Crippen LogP) is 4.81. The molecule has 2 saturated heterocycles. The van der Waals surface area contributed by atoms with E-state index in [-0.39, 0.29) is 23.3 Å². The average Bonchev–Trinajstić information content (AvgIpc) is 3.44. The summed E-state index contributed by atoms with van der Waals surface area (Å²) in [5, 5.41) is 2.06. The van der Waals surface area contributed by atoms with E-state index < -0.39 is 10.0 Å². The summed E-state index contributed by atoms with van der Waals surface area (Å²) in [5.74, 6) is 0.109. The minimum absolute atomic E-state index is 0.0163. The minimum Gasteiger partial charge on any atom is -0.335 e. The van der Waals surface area contributed by atoms with Gasteiger partial charge in [-0.25, -0.2) is 8.42 Å². The van der Waals surface area contributed by atoms with Crippen molar-refractivity contribution in [2.75, 3.05) is 19.6 Å². The van der Waals surface area contributed by atoms with E-state index in [4.69, 9.17) is 0 Å².